The molecule has 0 heterocycles. The van der Waals surface area contributed by atoms with Crippen molar-refractivity contribution in [2.45, 2.75) is 58.0 Å². The maximum atomic E-state index is 5.83. The Labute approximate surface area is 98.6 Å². The smallest absolute Gasteiger partial charge is 0.0727 e. The lowest BCUT2D eigenvalue weighted by Crippen LogP contribution is -2.20. The van der Waals surface area contributed by atoms with Crippen LogP contribution in [-0.2, 0) is 4.74 Å². The Morgan fingerprint density at radius 1 is 1.27 bits per heavy atom. The standard InChI is InChI=1S/C12H23NOS/c1-10-5-7-11(8-6-10)14-9-3-2-4-12(13)15/h10-11H,2-9H2,1H3,(H2,13,15). The van der Waals surface area contributed by atoms with Gasteiger partial charge in [-0.3, -0.25) is 0 Å². The number of ether oxygens (including phenoxy) is 1. The van der Waals surface area contributed by atoms with Gasteiger partial charge in [-0.05, 0) is 50.9 Å². The molecule has 0 unspecified atom stereocenters. The topological polar surface area (TPSA) is 35.2 Å². The molecule has 0 bridgehead atoms. The van der Waals surface area contributed by atoms with E-state index in [2.05, 4.69) is 6.92 Å². The first-order valence-corrected chi connectivity index (χ1v) is 6.49. The Balaban J connectivity index is 1.94. The third kappa shape index (κ3) is 6.10. The van der Waals surface area contributed by atoms with E-state index >= 15 is 0 Å². The highest BCUT2D eigenvalue weighted by Gasteiger charge is 2.17. The van der Waals surface area contributed by atoms with Crippen LogP contribution in [0, 0.1) is 5.92 Å². The summed E-state index contributed by atoms with van der Waals surface area (Å²) in [4.78, 5) is 0.626. The van der Waals surface area contributed by atoms with E-state index in [0.29, 0.717) is 11.1 Å². The number of rotatable bonds is 6. The van der Waals surface area contributed by atoms with Gasteiger partial charge < -0.3 is 10.5 Å². The van der Waals surface area contributed by atoms with Crippen LogP contribution in [0.5, 0.6) is 0 Å². The molecule has 0 aliphatic heterocycles. The molecule has 0 radical (unpaired) electrons. The molecule has 0 atom stereocenters. The third-order valence-electron chi connectivity index (χ3n) is 3.13. The van der Waals surface area contributed by atoms with Crippen molar-refractivity contribution < 1.29 is 4.74 Å². The molecule has 0 aromatic heterocycles. The second kappa shape index (κ2) is 7.18. The van der Waals surface area contributed by atoms with E-state index in [0.717, 1.165) is 31.8 Å². The van der Waals surface area contributed by atoms with Crippen molar-refractivity contribution >= 4 is 17.2 Å². The molecule has 1 saturated carbocycles. The molecule has 2 N–H and O–H groups in total. The molecule has 1 aliphatic carbocycles. The number of nitrogens with two attached hydrogens (primary N) is 1. The molecular formula is C12H23NOS. The van der Waals surface area contributed by atoms with E-state index in [9.17, 15) is 0 Å². The molecular weight excluding hydrogens is 206 g/mol. The normalized spacial score (nSPS) is 26.5. The fourth-order valence-corrected chi connectivity index (χ4v) is 2.19. The molecule has 2 nitrogen and oxygen atoms in total. The van der Waals surface area contributed by atoms with Crippen LogP contribution in [0.15, 0.2) is 0 Å². The zero-order valence-electron chi connectivity index (χ0n) is 9.71. The third-order valence-corrected chi connectivity index (χ3v) is 3.34. The first kappa shape index (κ1) is 12.9. The second-order valence-corrected chi connectivity index (χ2v) is 5.20. The van der Waals surface area contributed by atoms with Gasteiger partial charge in [-0.1, -0.05) is 19.1 Å². The van der Waals surface area contributed by atoms with Gasteiger partial charge in [0.15, 0.2) is 0 Å². The van der Waals surface area contributed by atoms with Gasteiger partial charge in [0.05, 0.1) is 11.1 Å². The van der Waals surface area contributed by atoms with Crippen molar-refractivity contribution in [2.75, 3.05) is 6.61 Å². The zero-order chi connectivity index (χ0) is 11.1. The van der Waals surface area contributed by atoms with Crippen molar-refractivity contribution in [1.29, 1.82) is 0 Å². The van der Waals surface area contributed by atoms with Gasteiger partial charge in [-0.25, -0.2) is 0 Å². The summed E-state index contributed by atoms with van der Waals surface area (Å²) in [6.07, 6.45) is 8.69. The van der Waals surface area contributed by atoms with E-state index in [4.69, 9.17) is 22.7 Å². The van der Waals surface area contributed by atoms with Gasteiger partial charge in [0, 0.05) is 6.61 Å². The van der Waals surface area contributed by atoms with Crippen LogP contribution in [0.25, 0.3) is 0 Å². The molecule has 3 heteroatoms. The lowest BCUT2D eigenvalue weighted by atomic mass is 9.89. The molecule has 0 spiro atoms. The molecule has 88 valence electrons. The fourth-order valence-electron chi connectivity index (χ4n) is 2.05. The van der Waals surface area contributed by atoms with Crippen LogP contribution in [-0.4, -0.2) is 17.7 Å². The van der Waals surface area contributed by atoms with Crippen molar-refractivity contribution in [2.24, 2.45) is 11.7 Å². The Hall–Kier alpha value is -0.150. The first-order valence-electron chi connectivity index (χ1n) is 6.08. The van der Waals surface area contributed by atoms with E-state index < -0.39 is 0 Å². The second-order valence-electron chi connectivity index (χ2n) is 4.68. The lowest BCUT2D eigenvalue weighted by Gasteiger charge is -2.26. The van der Waals surface area contributed by atoms with Gasteiger partial charge in [0.1, 0.15) is 0 Å². The van der Waals surface area contributed by atoms with Gasteiger partial charge >= 0.3 is 0 Å². The van der Waals surface area contributed by atoms with E-state index in [1.54, 1.807) is 0 Å². The maximum Gasteiger partial charge on any atom is 0.0727 e. The maximum absolute atomic E-state index is 5.83. The minimum atomic E-state index is 0.519. The van der Waals surface area contributed by atoms with Crippen molar-refractivity contribution in [3.05, 3.63) is 0 Å². The highest BCUT2D eigenvalue weighted by Crippen LogP contribution is 2.25. The van der Waals surface area contributed by atoms with Crippen LogP contribution in [0.4, 0.5) is 0 Å². The highest BCUT2D eigenvalue weighted by molar-refractivity contribution is 7.80. The van der Waals surface area contributed by atoms with Crippen molar-refractivity contribution in [3.8, 4) is 0 Å². The summed E-state index contributed by atoms with van der Waals surface area (Å²) in [5.74, 6) is 0.902. The van der Waals surface area contributed by atoms with Crippen molar-refractivity contribution in [3.63, 3.8) is 0 Å². The lowest BCUT2D eigenvalue weighted by molar-refractivity contribution is 0.0182. The first-order chi connectivity index (χ1) is 7.18. The molecule has 0 saturated heterocycles. The number of unbranched alkanes of at least 4 members (excludes halogenated alkanes) is 1. The quantitative estimate of drug-likeness (QED) is 0.561. The fraction of sp³-hybridized carbons (Fsp3) is 0.917. The number of hydrogen-bond donors (Lipinski definition) is 1. The van der Waals surface area contributed by atoms with Gasteiger partial charge in [-0.2, -0.15) is 0 Å². The Morgan fingerprint density at radius 2 is 1.93 bits per heavy atom. The summed E-state index contributed by atoms with van der Waals surface area (Å²) in [6.45, 7) is 3.21. The number of thiocarbonyl (C=S) groups is 1. The summed E-state index contributed by atoms with van der Waals surface area (Å²) in [7, 11) is 0. The predicted octanol–water partition coefficient (Wildman–Crippen LogP) is 3.04. The molecule has 0 aromatic rings. The van der Waals surface area contributed by atoms with Crippen LogP contribution in [0.3, 0.4) is 0 Å². The van der Waals surface area contributed by atoms with E-state index in [1.165, 1.54) is 25.7 Å². The molecule has 1 aliphatic rings. The highest BCUT2D eigenvalue weighted by atomic mass is 32.1. The van der Waals surface area contributed by atoms with E-state index in [-0.39, 0.29) is 0 Å². The molecule has 15 heavy (non-hydrogen) atoms. The zero-order valence-corrected chi connectivity index (χ0v) is 10.5. The summed E-state index contributed by atoms with van der Waals surface area (Å²) in [5.41, 5.74) is 5.42. The molecule has 0 aromatic carbocycles. The van der Waals surface area contributed by atoms with Crippen LogP contribution >= 0.6 is 12.2 Å². The minimum absolute atomic E-state index is 0.519. The van der Waals surface area contributed by atoms with Gasteiger partial charge in [-0.15, -0.1) is 0 Å². The van der Waals surface area contributed by atoms with Crippen LogP contribution in [0.2, 0.25) is 0 Å². The average molecular weight is 229 g/mol. The SMILES string of the molecule is CC1CCC(OCCCCC(N)=S)CC1. The summed E-state index contributed by atoms with van der Waals surface area (Å²) >= 11 is 4.82. The average Bonchev–Trinajstić information content (AvgIpc) is 2.20. The van der Waals surface area contributed by atoms with Crippen molar-refractivity contribution in [1.82, 2.24) is 0 Å². The van der Waals surface area contributed by atoms with E-state index in [1.807, 2.05) is 0 Å². The molecule has 1 rings (SSSR count). The van der Waals surface area contributed by atoms with Crippen LogP contribution in [0.1, 0.15) is 51.9 Å². The minimum Gasteiger partial charge on any atom is -0.393 e. The summed E-state index contributed by atoms with van der Waals surface area (Å²) < 4.78 is 5.83. The Bertz CT molecular complexity index is 188. The largest absolute Gasteiger partial charge is 0.393 e. The van der Waals surface area contributed by atoms with Gasteiger partial charge in [0.25, 0.3) is 0 Å². The molecule has 1 fully saturated rings. The number of hydrogen-bond acceptors (Lipinski definition) is 2. The monoisotopic (exact) mass is 229 g/mol. The Morgan fingerprint density at radius 3 is 2.53 bits per heavy atom. The molecule has 0 amide bonds. The van der Waals surface area contributed by atoms with Crippen LogP contribution < -0.4 is 5.73 Å². The summed E-state index contributed by atoms with van der Waals surface area (Å²) in [5, 5.41) is 0. The summed E-state index contributed by atoms with van der Waals surface area (Å²) in [6, 6.07) is 0. The Kier molecular flexibility index (Phi) is 6.18. The predicted molar refractivity (Wildman–Crippen MR) is 68.0 cm³/mol. The van der Waals surface area contributed by atoms with Gasteiger partial charge in [0.2, 0.25) is 0 Å².